The standard InChI is InChI=1S/C35H63NO5/c1-7-38-23-40-24-39-20-19-36-33(37)22-41-28-15-17-34(5)27(21-28)11-12-29-31-14-13-30(26(4)10-8-9-25(2)3)35(31,6)18-16-32(29)34/h25-32H,7-24H2,1-6H3,(H,36,37). The maximum Gasteiger partial charge on any atom is 0.246 e. The van der Waals surface area contributed by atoms with Crippen molar-refractivity contribution in [2.75, 3.05) is 40.0 Å². The van der Waals surface area contributed by atoms with E-state index in [-0.39, 0.29) is 32.2 Å². The normalized spacial score (nSPS) is 37.3. The van der Waals surface area contributed by atoms with E-state index in [0.717, 1.165) is 54.3 Å². The fourth-order valence-electron chi connectivity index (χ4n) is 10.2. The molecular weight excluding hydrogens is 514 g/mol. The first-order chi connectivity index (χ1) is 19.7. The van der Waals surface area contributed by atoms with Gasteiger partial charge in [0.25, 0.3) is 0 Å². The van der Waals surface area contributed by atoms with E-state index in [4.69, 9.17) is 18.9 Å². The van der Waals surface area contributed by atoms with Gasteiger partial charge in [0.15, 0.2) is 0 Å². The molecule has 4 saturated carbocycles. The van der Waals surface area contributed by atoms with E-state index < -0.39 is 0 Å². The Labute approximate surface area is 251 Å². The van der Waals surface area contributed by atoms with Crippen LogP contribution >= 0.6 is 0 Å². The van der Waals surface area contributed by atoms with Crippen molar-refractivity contribution in [3.05, 3.63) is 0 Å². The van der Waals surface area contributed by atoms with Crippen molar-refractivity contribution in [2.24, 2.45) is 52.3 Å². The van der Waals surface area contributed by atoms with Crippen LogP contribution in [-0.2, 0) is 23.7 Å². The Morgan fingerprint density at radius 1 is 0.878 bits per heavy atom. The zero-order valence-corrected chi connectivity index (χ0v) is 27.4. The summed E-state index contributed by atoms with van der Waals surface area (Å²) in [6.45, 7) is 16.7. The van der Waals surface area contributed by atoms with Crippen molar-refractivity contribution < 1.29 is 23.7 Å². The topological polar surface area (TPSA) is 66.0 Å². The largest absolute Gasteiger partial charge is 0.368 e. The number of carbonyl (C=O) groups excluding carboxylic acids is 1. The molecule has 0 heterocycles. The number of carbonyl (C=O) groups is 1. The minimum atomic E-state index is -0.0540. The smallest absolute Gasteiger partial charge is 0.246 e. The molecule has 4 aliphatic rings. The second kappa shape index (κ2) is 15.3. The predicted octanol–water partition coefficient (Wildman–Crippen LogP) is 7.59. The highest BCUT2D eigenvalue weighted by atomic mass is 16.7. The molecule has 41 heavy (non-hydrogen) atoms. The highest BCUT2D eigenvalue weighted by Gasteiger charge is 2.60. The third-order valence-corrected chi connectivity index (χ3v) is 12.4. The van der Waals surface area contributed by atoms with Gasteiger partial charge in [0.2, 0.25) is 5.91 Å². The fraction of sp³-hybridized carbons (Fsp3) is 0.971. The molecule has 6 heteroatoms. The molecule has 9 atom stereocenters. The van der Waals surface area contributed by atoms with Crippen LogP contribution in [0.25, 0.3) is 0 Å². The fourth-order valence-corrected chi connectivity index (χ4v) is 10.2. The van der Waals surface area contributed by atoms with Crippen LogP contribution < -0.4 is 5.32 Å². The predicted molar refractivity (Wildman–Crippen MR) is 164 cm³/mol. The number of rotatable bonds is 16. The van der Waals surface area contributed by atoms with Gasteiger partial charge in [-0.25, -0.2) is 0 Å². The summed E-state index contributed by atoms with van der Waals surface area (Å²) >= 11 is 0. The van der Waals surface area contributed by atoms with Crippen LogP contribution in [0.3, 0.4) is 0 Å². The van der Waals surface area contributed by atoms with E-state index in [1.54, 1.807) is 0 Å². The third-order valence-electron chi connectivity index (χ3n) is 12.4. The van der Waals surface area contributed by atoms with Gasteiger partial charge in [0.1, 0.15) is 20.2 Å². The van der Waals surface area contributed by atoms with E-state index in [2.05, 4.69) is 39.9 Å². The van der Waals surface area contributed by atoms with Gasteiger partial charge in [-0.1, -0.05) is 53.9 Å². The molecule has 1 amide bonds. The monoisotopic (exact) mass is 577 g/mol. The van der Waals surface area contributed by atoms with Gasteiger partial charge in [0, 0.05) is 13.2 Å². The summed E-state index contributed by atoms with van der Waals surface area (Å²) in [6, 6.07) is 0. The van der Waals surface area contributed by atoms with Gasteiger partial charge in [-0.05, 0) is 117 Å². The second-order valence-electron chi connectivity index (χ2n) is 15.1. The molecule has 6 nitrogen and oxygen atoms in total. The van der Waals surface area contributed by atoms with Crippen molar-refractivity contribution >= 4 is 5.91 Å². The van der Waals surface area contributed by atoms with Crippen LogP contribution in [0.2, 0.25) is 0 Å². The number of hydrogen-bond donors (Lipinski definition) is 1. The maximum absolute atomic E-state index is 12.3. The van der Waals surface area contributed by atoms with Gasteiger partial charge in [-0.2, -0.15) is 0 Å². The summed E-state index contributed by atoms with van der Waals surface area (Å²) < 4.78 is 21.8. The number of nitrogens with one attached hydrogen (secondary N) is 1. The summed E-state index contributed by atoms with van der Waals surface area (Å²) in [5.41, 5.74) is 1.02. The lowest BCUT2D eigenvalue weighted by Gasteiger charge is -2.61. The first kappa shape index (κ1) is 33.2. The first-order valence-electron chi connectivity index (χ1n) is 17.3. The Bertz CT molecular complexity index is 805. The third kappa shape index (κ3) is 8.08. The minimum Gasteiger partial charge on any atom is -0.368 e. The average Bonchev–Trinajstić information content (AvgIpc) is 3.30. The molecule has 9 unspecified atom stereocenters. The Morgan fingerprint density at radius 3 is 2.41 bits per heavy atom. The molecule has 0 bridgehead atoms. The molecule has 0 aliphatic heterocycles. The van der Waals surface area contributed by atoms with E-state index in [1.807, 2.05) is 6.92 Å². The molecule has 4 aliphatic carbocycles. The molecule has 0 aromatic heterocycles. The molecule has 1 N–H and O–H groups in total. The highest BCUT2D eigenvalue weighted by Crippen LogP contribution is 2.68. The Hall–Kier alpha value is -0.690. The summed E-state index contributed by atoms with van der Waals surface area (Å²) in [5.74, 6) is 6.09. The molecule has 238 valence electrons. The van der Waals surface area contributed by atoms with Crippen LogP contribution in [0, 0.1) is 52.3 Å². The minimum absolute atomic E-state index is 0.0540. The van der Waals surface area contributed by atoms with Crippen LogP contribution in [0.4, 0.5) is 0 Å². The lowest BCUT2D eigenvalue weighted by Crippen LogP contribution is -2.54. The summed E-state index contributed by atoms with van der Waals surface area (Å²) in [6.07, 6.45) is 16.5. The molecule has 0 spiro atoms. The van der Waals surface area contributed by atoms with Gasteiger partial charge in [0.05, 0.1) is 12.7 Å². The quantitative estimate of drug-likeness (QED) is 0.151. The molecule has 0 aromatic carbocycles. The van der Waals surface area contributed by atoms with Gasteiger partial charge < -0.3 is 24.3 Å². The van der Waals surface area contributed by atoms with Crippen molar-refractivity contribution in [2.45, 2.75) is 125 Å². The number of ether oxygens (including phenoxy) is 4. The molecule has 0 saturated heterocycles. The average molecular weight is 578 g/mol. The van der Waals surface area contributed by atoms with Gasteiger partial charge >= 0.3 is 0 Å². The second-order valence-corrected chi connectivity index (χ2v) is 15.1. The molecule has 0 radical (unpaired) electrons. The Morgan fingerprint density at radius 2 is 1.63 bits per heavy atom. The number of amides is 1. The maximum atomic E-state index is 12.3. The SMILES string of the molecule is CCOCOCOCCNC(=O)COC1CCC2(C)C(CCC3C2CCC2(C)C(C(C)CCCC(C)C)CCC32)C1. The first-order valence-corrected chi connectivity index (χ1v) is 17.3. The molecule has 0 aromatic rings. The van der Waals surface area contributed by atoms with Crippen molar-refractivity contribution in [1.82, 2.24) is 5.32 Å². The summed E-state index contributed by atoms with van der Waals surface area (Å²) in [4.78, 5) is 12.3. The van der Waals surface area contributed by atoms with Gasteiger partial charge in [-0.15, -0.1) is 0 Å². The zero-order chi connectivity index (χ0) is 29.5. The van der Waals surface area contributed by atoms with E-state index in [9.17, 15) is 4.79 Å². The number of fused-ring (bicyclic) bond motifs is 5. The van der Waals surface area contributed by atoms with E-state index in [1.165, 1.54) is 64.2 Å². The van der Waals surface area contributed by atoms with Crippen molar-refractivity contribution in [3.8, 4) is 0 Å². The van der Waals surface area contributed by atoms with Crippen molar-refractivity contribution in [3.63, 3.8) is 0 Å². The lowest BCUT2D eigenvalue weighted by atomic mass is 9.44. The molecule has 4 fully saturated rings. The highest BCUT2D eigenvalue weighted by molar-refractivity contribution is 5.77. The summed E-state index contributed by atoms with van der Waals surface area (Å²) in [5, 5.41) is 2.90. The number of hydrogen-bond acceptors (Lipinski definition) is 5. The van der Waals surface area contributed by atoms with Crippen LogP contribution in [0.5, 0.6) is 0 Å². The van der Waals surface area contributed by atoms with Crippen LogP contribution in [0.1, 0.15) is 119 Å². The van der Waals surface area contributed by atoms with E-state index in [0.29, 0.717) is 30.6 Å². The zero-order valence-electron chi connectivity index (χ0n) is 27.4. The van der Waals surface area contributed by atoms with Crippen LogP contribution in [0.15, 0.2) is 0 Å². The summed E-state index contributed by atoms with van der Waals surface area (Å²) in [7, 11) is 0. The molecule has 4 rings (SSSR count). The van der Waals surface area contributed by atoms with Gasteiger partial charge in [-0.3, -0.25) is 4.79 Å². The lowest BCUT2D eigenvalue weighted by molar-refractivity contribution is -0.145. The van der Waals surface area contributed by atoms with Crippen molar-refractivity contribution in [1.29, 1.82) is 0 Å². The Balaban J connectivity index is 1.20. The molecular formula is C35H63NO5. The Kier molecular flexibility index (Phi) is 12.4. The van der Waals surface area contributed by atoms with Crippen LogP contribution in [-0.4, -0.2) is 52.0 Å². The van der Waals surface area contributed by atoms with E-state index >= 15 is 0 Å².